The Bertz CT molecular complexity index is 381. The van der Waals surface area contributed by atoms with E-state index in [0.29, 0.717) is 0 Å². The maximum Gasteiger partial charge on any atom is 0.573 e. The average molecular weight is 215 g/mol. The Hall–Kier alpha value is -1.70. The predicted molar refractivity (Wildman–Crippen MR) is 47.2 cm³/mol. The molecule has 0 bridgehead atoms. The van der Waals surface area contributed by atoms with Crippen molar-refractivity contribution in [2.24, 2.45) is 0 Å². The van der Waals surface area contributed by atoms with Gasteiger partial charge >= 0.3 is 6.36 Å². The standard InChI is InChI=1S/C10H8F3NO/c1-7(6-14)8-4-2-3-5-9(8)15-10(11,12)13/h2-5,7H,1H3. The number of alkyl halides is 3. The summed E-state index contributed by atoms with van der Waals surface area (Å²) in [5.74, 6) is -0.956. The summed E-state index contributed by atoms with van der Waals surface area (Å²) in [5, 5.41) is 8.62. The summed E-state index contributed by atoms with van der Waals surface area (Å²) in [5.41, 5.74) is 0.234. The highest BCUT2D eigenvalue weighted by atomic mass is 19.4. The Morgan fingerprint density at radius 1 is 1.33 bits per heavy atom. The molecule has 5 heteroatoms. The van der Waals surface area contributed by atoms with Gasteiger partial charge in [-0.25, -0.2) is 0 Å². The van der Waals surface area contributed by atoms with E-state index in [1.54, 1.807) is 6.07 Å². The molecule has 0 saturated carbocycles. The Morgan fingerprint density at radius 3 is 2.47 bits per heavy atom. The number of para-hydroxylation sites is 1. The van der Waals surface area contributed by atoms with E-state index < -0.39 is 12.3 Å². The molecule has 80 valence electrons. The van der Waals surface area contributed by atoms with Gasteiger partial charge in [0.2, 0.25) is 0 Å². The first-order valence-corrected chi connectivity index (χ1v) is 4.18. The molecule has 0 saturated heterocycles. The Balaban J connectivity index is 3.03. The maximum absolute atomic E-state index is 12.0. The normalized spacial score (nSPS) is 13.0. The van der Waals surface area contributed by atoms with Gasteiger partial charge in [-0.05, 0) is 13.0 Å². The van der Waals surface area contributed by atoms with Gasteiger partial charge in [-0.15, -0.1) is 13.2 Å². The van der Waals surface area contributed by atoms with Gasteiger partial charge in [-0.1, -0.05) is 18.2 Å². The zero-order valence-corrected chi connectivity index (χ0v) is 7.88. The van der Waals surface area contributed by atoms with Crippen LogP contribution in [-0.4, -0.2) is 6.36 Å². The zero-order chi connectivity index (χ0) is 11.5. The Morgan fingerprint density at radius 2 is 1.93 bits per heavy atom. The van der Waals surface area contributed by atoms with Gasteiger partial charge in [-0.3, -0.25) is 0 Å². The van der Waals surface area contributed by atoms with Crippen molar-refractivity contribution in [3.8, 4) is 11.8 Å². The van der Waals surface area contributed by atoms with Crippen molar-refractivity contribution in [3.63, 3.8) is 0 Å². The van der Waals surface area contributed by atoms with E-state index in [0.717, 1.165) is 0 Å². The van der Waals surface area contributed by atoms with Gasteiger partial charge in [0.25, 0.3) is 0 Å². The molecule has 0 heterocycles. The number of nitrogens with zero attached hydrogens (tertiary/aromatic N) is 1. The number of hydrogen-bond acceptors (Lipinski definition) is 2. The molecule has 1 aromatic carbocycles. The number of rotatable bonds is 2. The molecule has 0 aliphatic carbocycles. The summed E-state index contributed by atoms with van der Waals surface area (Å²) in [6.07, 6.45) is -4.73. The van der Waals surface area contributed by atoms with Gasteiger partial charge in [0.15, 0.2) is 0 Å². The van der Waals surface area contributed by atoms with E-state index in [9.17, 15) is 13.2 Å². The van der Waals surface area contributed by atoms with Crippen LogP contribution in [0.4, 0.5) is 13.2 Å². The molecule has 0 amide bonds. The van der Waals surface area contributed by atoms with Crippen LogP contribution < -0.4 is 4.74 Å². The minimum atomic E-state index is -4.73. The zero-order valence-electron chi connectivity index (χ0n) is 7.88. The number of nitriles is 1. The highest BCUT2D eigenvalue weighted by Gasteiger charge is 2.32. The third kappa shape index (κ3) is 3.17. The lowest BCUT2D eigenvalue weighted by Crippen LogP contribution is -2.18. The molecule has 2 nitrogen and oxygen atoms in total. The lowest BCUT2D eigenvalue weighted by atomic mass is 10.0. The fraction of sp³-hybridized carbons (Fsp3) is 0.300. The summed E-state index contributed by atoms with van der Waals surface area (Å²) < 4.78 is 39.8. The van der Waals surface area contributed by atoms with Crippen LogP contribution in [0, 0.1) is 11.3 Å². The first kappa shape index (κ1) is 11.4. The molecule has 15 heavy (non-hydrogen) atoms. The molecule has 1 unspecified atom stereocenters. The van der Waals surface area contributed by atoms with E-state index >= 15 is 0 Å². The van der Waals surface area contributed by atoms with Crippen molar-refractivity contribution >= 4 is 0 Å². The van der Waals surface area contributed by atoms with Gasteiger partial charge in [-0.2, -0.15) is 5.26 Å². The van der Waals surface area contributed by atoms with Gasteiger partial charge in [0, 0.05) is 5.56 Å². The molecule has 0 fully saturated rings. The molecule has 0 aliphatic rings. The topological polar surface area (TPSA) is 33.0 Å². The molecule has 1 rings (SSSR count). The quantitative estimate of drug-likeness (QED) is 0.758. The van der Waals surface area contributed by atoms with Gasteiger partial charge in [0.05, 0.1) is 12.0 Å². The maximum atomic E-state index is 12.0. The second kappa shape index (κ2) is 4.22. The van der Waals surface area contributed by atoms with Crippen molar-refractivity contribution in [2.75, 3.05) is 0 Å². The second-order valence-corrected chi connectivity index (χ2v) is 2.94. The van der Waals surface area contributed by atoms with Crippen LogP contribution >= 0.6 is 0 Å². The highest BCUT2D eigenvalue weighted by molar-refractivity contribution is 5.38. The van der Waals surface area contributed by atoms with Gasteiger partial charge in [0.1, 0.15) is 5.75 Å². The second-order valence-electron chi connectivity index (χ2n) is 2.94. The molecule has 0 aliphatic heterocycles. The summed E-state index contributed by atoms with van der Waals surface area (Å²) in [6, 6.07) is 7.48. The third-order valence-electron chi connectivity index (χ3n) is 1.80. The number of ether oxygens (including phenoxy) is 1. The van der Waals surface area contributed by atoms with Crippen molar-refractivity contribution in [1.82, 2.24) is 0 Å². The number of benzene rings is 1. The van der Waals surface area contributed by atoms with Crippen molar-refractivity contribution in [1.29, 1.82) is 5.26 Å². The molecule has 0 N–H and O–H groups in total. The van der Waals surface area contributed by atoms with Crippen LogP contribution in [0.5, 0.6) is 5.75 Å². The molecule has 0 radical (unpaired) electrons. The van der Waals surface area contributed by atoms with E-state index in [-0.39, 0.29) is 11.3 Å². The van der Waals surface area contributed by atoms with Crippen molar-refractivity contribution < 1.29 is 17.9 Å². The largest absolute Gasteiger partial charge is 0.573 e. The van der Waals surface area contributed by atoms with Crippen LogP contribution in [0.3, 0.4) is 0 Å². The fourth-order valence-corrected chi connectivity index (χ4v) is 1.13. The minimum absolute atomic E-state index is 0.234. The lowest BCUT2D eigenvalue weighted by Gasteiger charge is -2.13. The summed E-state index contributed by atoms with van der Waals surface area (Å²) in [6.45, 7) is 1.51. The molecule has 0 spiro atoms. The third-order valence-corrected chi connectivity index (χ3v) is 1.80. The predicted octanol–water partition coefficient (Wildman–Crippen LogP) is 3.21. The number of hydrogen-bond donors (Lipinski definition) is 0. The monoisotopic (exact) mass is 215 g/mol. The van der Waals surface area contributed by atoms with Crippen LogP contribution in [0.1, 0.15) is 18.4 Å². The highest BCUT2D eigenvalue weighted by Crippen LogP contribution is 2.30. The van der Waals surface area contributed by atoms with E-state index in [4.69, 9.17) is 5.26 Å². The van der Waals surface area contributed by atoms with E-state index in [1.807, 2.05) is 6.07 Å². The van der Waals surface area contributed by atoms with Crippen LogP contribution in [0.2, 0.25) is 0 Å². The minimum Gasteiger partial charge on any atom is -0.405 e. The smallest absolute Gasteiger partial charge is 0.405 e. The van der Waals surface area contributed by atoms with E-state index in [2.05, 4.69) is 4.74 Å². The molecular formula is C10H8F3NO. The average Bonchev–Trinajstić information content (AvgIpc) is 2.15. The molecule has 0 aromatic heterocycles. The van der Waals surface area contributed by atoms with Crippen LogP contribution in [-0.2, 0) is 0 Å². The first-order chi connectivity index (χ1) is 6.94. The first-order valence-electron chi connectivity index (χ1n) is 4.18. The fourth-order valence-electron chi connectivity index (χ4n) is 1.13. The van der Waals surface area contributed by atoms with Crippen LogP contribution in [0.15, 0.2) is 24.3 Å². The Labute approximate surface area is 84.9 Å². The molecule has 1 aromatic rings. The summed E-state index contributed by atoms with van der Waals surface area (Å²) >= 11 is 0. The SMILES string of the molecule is CC(C#N)c1ccccc1OC(F)(F)F. The van der Waals surface area contributed by atoms with Crippen molar-refractivity contribution in [3.05, 3.63) is 29.8 Å². The van der Waals surface area contributed by atoms with E-state index in [1.165, 1.54) is 25.1 Å². The summed E-state index contributed by atoms with van der Waals surface area (Å²) in [4.78, 5) is 0. The molecular weight excluding hydrogens is 207 g/mol. The summed E-state index contributed by atoms with van der Waals surface area (Å²) in [7, 11) is 0. The number of halogens is 3. The molecule has 1 atom stereocenters. The van der Waals surface area contributed by atoms with Gasteiger partial charge < -0.3 is 4.74 Å². The Kier molecular flexibility index (Phi) is 3.20. The lowest BCUT2D eigenvalue weighted by molar-refractivity contribution is -0.274. The van der Waals surface area contributed by atoms with Crippen molar-refractivity contribution in [2.45, 2.75) is 19.2 Å². The van der Waals surface area contributed by atoms with Crippen LogP contribution in [0.25, 0.3) is 0 Å².